The van der Waals surface area contributed by atoms with Crippen molar-refractivity contribution in [3.8, 4) is 0 Å². The molecule has 2 N–H and O–H groups in total. The Labute approximate surface area is 85.3 Å². The Kier molecular flexibility index (Phi) is 1.94. The number of hydrogen-bond donors (Lipinski definition) is 2. The Bertz CT molecular complexity index is 202. The molecule has 4 saturated carbocycles. The summed E-state index contributed by atoms with van der Waals surface area (Å²) in [6, 6.07) is 0. The van der Waals surface area contributed by atoms with Crippen LogP contribution in [0, 0.1) is 29.1 Å². The van der Waals surface area contributed by atoms with Crippen molar-refractivity contribution >= 4 is 0 Å². The van der Waals surface area contributed by atoms with Crippen LogP contribution in [-0.2, 0) is 0 Å². The summed E-state index contributed by atoms with van der Waals surface area (Å²) in [5.74, 6) is 3.08. The molecule has 4 rings (SSSR count). The maximum atomic E-state index is 9.59. The largest absolute Gasteiger partial charge is 0.396 e. The summed E-state index contributed by atoms with van der Waals surface area (Å²) >= 11 is 0. The number of rotatable bonds is 2. The van der Waals surface area contributed by atoms with Gasteiger partial charge in [-0.2, -0.15) is 0 Å². The zero-order valence-corrected chi connectivity index (χ0v) is 8.65. The minimum absolute atomic E-state index is 0.104. The van der Waals surface area contributed by atoms with Gasteiger partial charge in [0, 0.05) is 5.41 Å². The quantitative estimate of drug-likeness (QED) is 0.701. The molecule has 0 amide bonds. The lowest BCUT2D eigenvalue weighted by molar-refractivity contribution is -0.153. The van der Waals surface area contributed by atoms with Gasteiger partial charge in [-0.25, -0.2) is 0 Å². The summed E-state index contributed by atoms with van der Waals surface area (Å²) in [6.07, 6.45) is 6.52. The van der Waals surface area contributed by atoms with E-state index in [0.717, 1.165) is 11.8 Å². The Morgan fingerprint density at radius 1 is 0.786 bits per heavy atom. The molecule has 0 unspecified atom stereocenters. The molecule has 2 nitrogen and oxygen atoms in total. The molecule has 0 aromatic carbocycles. The van der Waals surface area contributed by atoms with Gasteiger partial charge in [-0.05, 0) is 55.8 Å². The van der Waals surface area contributed by atoms with Crippen molar-refractivity contribution in [2.75, 3.05) is 13.2 Å². The second-order valence-corrected chi connectivity index (χ2v) is 5.85. The van der Waals surface area contributed by atoms with Gasteiger partial charge in [-0.1, -0.05) is 0 Å². The van der Waals surface area contributed by atoms with Gasteiger partial charge < -0.3 is 10.2 Å². The van der Waals surface area contributed by atoms with Crippen LogP contribution < -0.4 is 0 Å². The maximum absolute atomic E-state index is 9.59. The highest BCUT2D eigenvalue weighted by atomic mass is 16.3. The van der Waals surface area contributed by atoms with Crippen molar-refractivity contribution in [3.05, 3.63) is 0 Å². The molecule has 0 radical (unpaired) electrons. The highest BCUT2D eigenvalue weighted by Crippen LogP contribution is 2.61. The van der Waals surface area contributed by atoms with Crippen molar-refractivity contribution in [1.82, 2.24) is 0 Å². The van der Waals surface area contributed by atoms with Gasteiger partial charge in [0.15, 0.2) is 0 Å². The molecule has 0 heterocycles. The monoisotopic (exact) mass is 196 g/mol. The van der Waals surface area contributed by atoms with Gasteiger partial charge in [-0.15, -0.1) is 0 Å². The molecule has 0 saturated heterocycles. The highest BCUT2D eigenvalue weighted by Gasteiger charge is 2.56. The molecule has 4 bridgehead atoms. The van der Waals surface area contributed by atoms with Crippen molar-refractivity contribution in [2.45, 2.75) is 32.1 Å². The smallest absolute Gasteiger partial charge is 0.0514 e. The minimum atomic E-state index is -0.104. The summed E-state index contributed by atoms with van der Waals surface area (Å²) in [5.41, 5.74) is -0.104. The van der Waals surface area contributed by atoms with E-state index in [0.29, 0.717) is 11.8 Å². The van der Waals surface area contributed by atoms with Gasteiger partial charge in [0.1, 0.15) is 0 Å². The first-order valence-corrected chi connectivity index (χ1v) is 6.00. The van der Waals surface area contributed by atoms with E-state index in [1.807, 2.05) is 0 Å². The second kappa shape index (κ2) is 2.96. The third-order valence-electron chi connectivity index (χ3n) is 5.35. The lowest BCUT2D eigenvalue weighted by Gasteiger charge is -2.60. The fraction of sp³-hybridized carbons (Fsp3) is 1.00. The number of hydrogen-bond acceptors (Lipinski definition) is 2. The molecule has 2 heteroatoms. The van der Waals surface area contributed by atoms with Crippen LogP contribution in [0.3, 0.4) is 0 Å². The van der Waals surface area contributed by atoms with Gasteiger partial charge in [0.25, 0.3) is 0 Å². The van der Waals surface area contributed by atoms with Crippen molar-refractivity contribution in [3.63, 3.8) is 0 Å². The first kappa shape index (κ1) is 9.17. The SMILES string of the molecule is OCC1(CO)C2CC3CC(C2)CC1C3. The molecule has 80 valence electrons. The molecule has 14 heavy (non-hydrogen) atoms. The van der Waals surface area contributed by atoms with Crippen LogP contribution in [0.2, 0.25) is 0 Å². The normalized spacial score (nSPS) is 48.4. The Morgan fingerprint density at radius 3 is 1.57 bits per heavy atom. The van der Waals surface area contributed by atoms with Crippen molar-refractivity contribution in [2.24, 2.45) is 29.1 Å². The van der Waals surface area contributed by atoms with E-state index in [2.05, 4.69) is 0 Å². The summed E-state index contributed by atoms with van der Waals surface area (Å²) in [7, 11) is 0. The third-order valence-corrected chi connectivity index (χ3v) is 5.35. The first-order chi connectivity index (χ1) is 6.78. The predicted molar refractivity (Wildman–Crippen MR) is 53.6 cm³/mol. The zero-order chi connectivity index (χ0) is 9.76. The van der Waals surface area contributed by atoms with Crippen LogP contribution in [-0.4, -0.2) is 23.4 Å². The van der Waals surface area contributed by atoms with Gasteiger partial charge in [0.05, 0.1) is 13.2 Å². The summed E-state index contributed by atoms with van der Waals surface area (Å²) in [6.45, 7) is 0.413. The zero-order valence-electron chi connectivity index (χ0n) is 8.65. The molecular weight excluding hydrogens is 176 g/mol. The molecule has 0 aromatic rings. The summed E-state index contributed by atoms with van der Waals surface area (Å²) < 4.78 is 0. The lowest BCUT2D eigenvalue weighted by Crippen LogP contribution is -2.56. The highest BCUT2D eigenvalue weighted by molar-refractivity contribution is 5.05. The Hall–Kier alpha value is -0.0800. The molecule has 0 aromatic heterocycles. The molecule has 0 aliphatic heterocycles. The minimum Gasteiger partial charge on any atom is -0.396 e. The average Bonchev–Trinajstić information content (AvgIpc) is 2.18. The summed E-state index contributed by atoms with van der Waals surface area (Å²) in [4.78, 5) is 0. The van der Waals surface area contributed by atoms with Crippen molar-refractivity contribution < 1.29 is 10.2 Å². The van der Waals surface area contributed by atoms with Crippen LogP contribution in [0.15, 0.2) is 0 Å². The Balaban J connectivity index is 1.93. The van der Waals surface area contributed by atoms with Crippen LogP contribution in [0.5, 0.6) is 0 Å². The second-order valence-electron chi connectivity index (χ2n) is 5.85. The fourth-order valence-corrected chi connectivity index (χ4v) is 4.69. The van der Waals surface area contributed by atoms with E-state index in [1.54, 1.807) is 0 Å². The van der Waals surface area contributed by atoms with Crippen molar-refractivity contribution in [1.29, 1.82) is 0 Å². The van der Waals surface area contributed by atoms with E-state index >= 15 is 0 Å². The van der Waals surface area contributed by atoms with Gasteiger partial charge in [0.2, 0.25) is 0 Å². The molecule has 4 fully saturated rings. The van der Waals surface area contributed by atoms with E-state index in [-0.39, 0.29) is 18.6 Å². The molecule has 4 aliphatic rings. The van der Waals surface area contributed by atoms with E-state index in [1.165, 1.54) is 32.1 Å². The van der Waals surface area contributed by atoms with Gasteiger partial charge >= 0.3 is 0 Å². The maximum Gasteiger partial charge on any atom is 0.0514 e. The first-order valence-electron chi connectivity index (χ1n) is 6.00. The standard InChI is InChI=1S/C12H20O2/c13-6-12(7-14)10-2-8-1-9(4-10)5-11(12)3-8/h8-11,13-14H,1-7H2. The van der Waals surface area contributed by atoms with Crippen LogP contribution in [0.25, 0.3) is 0 Å². The lowest BCUT2D eigenvalue weighted by atomic mass is 9.46. The Morgan fingerprint density at radius 2 is 1.21 bits per heavy atom. The van der Waals surface area contributed by atoms with E-state index in [9.17, 15) is 10.2 Å². The summed E-state index contributed by atoms with van der Waals surface area (Å²) in [5, 5.41) is 19.2. The number of aliphatic hydroxyl groups is 2. The van der Waals surface area contributed by atoms with E-state index in [4.69, 9.17) is 0 Å². The van der Waals surface area contributed by atoms with Crippen LogP contribution in [0.1, 0.15) is 32.1 Å². The van der Waals surface area contributed by atoms with Crippen LogP contribution >= 0.6 is 0 Å². The van der Waals surface area contributed by atoms with Gasteiger partial charge in [-0.3, -0.25) is 0 Å². The fourth-order valence-electron chi connectivity index (χ4n) is 4.69. The third kappa shape index (κ3) is 0.989. The molecule has 4 aliphatic carbocycles. The number of aliphatic hydroxyl groups excluding tert-OH is 2. The predicted octanol–water partition coefficient (Wildman–Crippen LogP) is 1.41. The van der Waals surface area contributed by atoms with Crippen LogP contribution in [0.4, 0.5) is 0 Å². The molecule has 0 atom stereocenters. The van der Waals surface area contributed by atoms with E-state index < -0.39 is 0 Å². The molecule has 0 spiro atoms. The average molecular weight is 196 g/mol. The molecular formula is C12H20O2. The topological polar surface area (TPSA) is 40.5 Å².